The number of pyridine rings is 1. The fourth-order valence-corrected chi connectivity index (χ4v) is 5.16. The summed E-state index contributed by atoms with van der Waals surface area (Å²) in [6, 6.07) is 9.88. The fourth-order valence-electron chi connectivity index (χ4n) is 4.17. The van der Waals surface area contributed by atoms with Crippen LogP contribution in [0.1, 0.15) is 33.3 Å². The maximum absolute atomic E-state index is 15.1. The quantitative estimate of drug-likeness (QED) is 0.182. The van der Waals surface area contributed by atoms with Gasteiger partial charge in [0, 0.05) is 30.0 Å². The monoisotopic (exact) mass is 621 g/mol. The molecule has 2 aromatic carbocycles. The van der Waals surface area contributed by atoms with Crippen LogP contribution < -0.4 is 19.5 Å². The van der Waals surface area contributed by atoms with Gasteiger partial charge in [0.1, 0.15) is 23.8 Å². The number of aryl methyl sites for hydroxylation is 1. The molecule has 5 aromatic rings. The predicted octanol–water partition coefficient (Wildman–Crippen LogP) is 6.31. The van der Waals surface area contributed by atoms with Crippen LogP contribution in [0.5, 0.6) is 17.5 Å². The number of methoxy groups -OCH3 is 1. The molecule has 1 amide bonds. The van der Waals surface area contributed by atoms with E-state index in [1.807, 2.05) is 19.1 Å². The summed E-state index contributed by atoms with van der Waals surface area (Å²) < 4.78 is 37.9. The van der Waals surface area contributed by atoms with Crippen LogP contribution in [0.25, 0.3) is 31.8 Å². The maximum Gasteiger partial charge on any atom is 0.412 e. The smallest absolute Gasteiger partial charge is 0.412 e. The standard InChI is InChI=1S/C31H32FN5O6S/c1-16-9-20(28-23(10-16)36-27(40-6)14-34-28)29-37-22-12-21(32)24(13-25(22)44-29)42-17(2)18(3)43-30(38)35-19-7-8-33-26(11-19)41-15-31(4,5)39/h7-14,17-18,39H,15H2,1-6H3,(H,33,35,38)/t17-,18+/m0/s1. The molecular formula is C31H32FN5O6S. The molecule has 0 spiro atoms. The summed E-state index contributed by atoms with van der Waals surface area (Å²) in [6.45, 7) is 8.52. The molecule has 11 nitrogen and oxygen atoms in total. The lowest BCUT2D eigenvalue weighted by atomic mass is 10.1. The summed E-state index contributed by atoms with van der Waals surface area (Å²) >= 11 is 1.38. The Morgan fingerprint density at radius 2 is 1.86 bits per heavy atom. The molecule has 2 N–H and O–H groups in total. The van der Waals surface area contributed by atoms with E-state index in [1.54, 1.807) is 46.0 Å². The summed E-state index contributed by atoms with van der Waals surface area (Å²) in [4.78, 5) is 30.3. The first-order valence-corrected chi connectivity index (χ1v) is 14.6. The first-order chi connectivity index (χ1) is 20.9. The molecule has 5 rings (SSSR count). The van der Waals surface area contributed by atoms with Crippen LogP contribution in [0.3, 0.4) is 0 Å². The van der Waals surface area contributed by atoms with Crippen molar-refractivity contribution in [1.82, 2.24) is 19.9 Å². The summed E-state index contributed by atoms with van der Waals surface area (Å²) in [5.41, 5.74) is 2.91. The number of nitrogens with zero attached hydrogens (tertiary/aromatic N) is 4. The third kappa shape index (κ3) is 7.29. The molecule has 0 fully saturated rings. The molecule has 3 aromatic heterocycles. The van der Waals surface area contributed by atoms with Gasteiger partial charge in [0.05, 0.1) is 45.8 Å². The van der Waals surface area contributed by atoms with E-state index in [4.69, 9.17) is 18.9 Å². The minimum atomic E-state index is -1.04. The van der Waals surface area contributed by atoms with Crippen LogP contribution in [0.4, 0.5) is 14.9 Å². The molecular weight excluding hydrogens is 589 g/mol. The lowest BCUT2D eigenvalue weighted by Gasteiger charge is -2.22. The van der Waals surface area contributed by atoms with Crippen LogP contribution >= 0.6 is 11.3 Å². The van der Waals surface area contributed by atoms with Crippen molar-refractivity contribution in [3.05, 3.63) is 60.2 Å². The second-order valence-electron chi connectivity index (χ2n) is 10.9. The van der Waals surface area contributed by atoms with Crippen LogP contribution in [0, 0.1) is 12.7 Å². The van der Waals surface area contributed by atoms with Gasteiger partial charge in [-0.1, -0.05) is 0 Å². The first kappa shape index (κ1) is 30.8. The van der Waals surface area contributed by atoms with Crippen molar-refractivity contribution in [2.75, 3.05) is 19.0 Å². The number of aliphatic hydroxyl groups is 1. The van der Waals surface area contributed by atoms with Gasteiger partial charge in [0.2, 0.25) is 11.8 Å². The van der Waals surface area contributed by atoms with Gasteiger partial charge in [-0.2, -0.15) is 0 Å². The Morgan fingerprint density at radius 3 is 2.61 bits per heavy atom. The highest BCUT2D eigenvalue weighted by atomic mass is 32.1. The van der Waals surface area contributed by atoms with Gasteiger partial charge in [0.15, 0.2) is 11.6 Å². The zero-order valence-electron chi connectivity index (χ0n) is 25.0. The highest BCUT2D eigenvalue weighted by Crippen LogP contribution is 2.37. The topological polar surface area (TPSA) is 138 Å². The average Bonchev–Trinajstić information content (AvgIpc) is 3.37. The van der Waals surface area contributed by atoms with E-state index in [2.05, 4.69) is 25.3 Å². The number of hydrogen-bond donors (Lipinski definition) is 2. The van der Waals surface area contributed by atoms with E-state index >= 15 is 4.39 Å². The van der Waals surface area contributed by atoms with Crippen LogP contribution in [0.15, 0.2) is 48.8 Å². The van der Waals surface area contributed by atoms with E-state index < -0.39 is 29.7 Å². The number of ether oxygens (including phenoxy) is 4. The number of anilines is 1. The largest absolute Gasteiger partial charge is 0.484 e. The van der Waals surface area contributed by atoms with Crippen molar-refractivity contribution < 1.29 is 33.2 Å². The maximum atomic E-state index is 15.1. The highest BCUT2D eigenvalue weighted by Gasteiger charge is 2.22. The summed E-state index contributed by atoms with van der Waals surface area (Å²) in [5.74, 6) is 0.0614. The fraction of sp³-hybridized carbons (Fsp3) is 0.323. The molecule has 0 unspecified atom stereocenters. The first-order valence-electron chi connectivity index (χ1n) is 13.8. The zero-order valence-corrected chi connectivity index (χ0v) is 25.9. The summed E-state index contributed by atoms with van der Waals surface area (Å²) in [5, 5.41) is 13.1. The Hall–Kier alpha value is -4.62. The van der Waals surface area contributed by atoms with Crippen molar-refractivity contribution in [3.63, 3.8) is 0 Å². The normalized spacial score (nSPS) is 13.0. The number of carbonyl (C=O) groups excluding carboxylic acids is 1. The van der Waals surface area contributed by atoms with Gasteiger partial charge in [0.25, 0.3) is 0 Å². The summed E-state index contributed by atoms with van der Waals surface area (Å²) in [6.07, 6.45) is 0.855. The van der Waals surface area contributed by atoms with Crippen molar-refractivity contribution in [2.45, 2.75) is 52.4 Å². The van der Waals surface area contributed by atoms with Crippen molar-refractivity contribution >= 4 is 44.4 Å². The lowest BCUT2D eigenvalue weighted by molar-refractivity contribution is 0.0268. The third-order valence-electron chi connectivity index (χ3n) is 6.47. The number of nitrogens with one attached hydrogen (secondary N) is 1. The second kappa shape index (κ2) is 12.5. The van der Waals surface area contributed by atoms with Gasteiger partial charge in [-0.05, 0) is 58.4 Å². The number of aromatic nitrogens is 4. The zero-order chi connectivity index (χ0) is 31.6. The molecule has 3 heterocycles. The molecule has 13 heteroatoms. The van der Waals surface area contributed by atoms with Gasteiger partial charge in [-0.15, -0.1) is 11.3 Å². The van der Waals surface area contributed by atoms with Crippen molar-refractivity contribution in [1.29, 1.82) is 0 Å². The Morgan fingerprint density at radius 1 is 1.07 bits per heavy atom. The van der Waals surface area contributed by atoms with E-state index in [0.717, 1.165) is 11.1 Å². The number of amides is 1. The summed E-state index contributed by atoms with van der Waals surface area (Å²) in [7, 11) is 1.53. The number of benzene rings is 2. The Kier molecular flexibility index (Phi) is 8.79. The Labute approximate surface area is 257 Å². The van der Waals surface area contributed by atoms with E-state index in [9.17, 15) is 9.90 Å². The molecule has 230 valence electrons. The number of fused-ring (bicyclic) bond motifs is 2. The SMILES string of the molecule is COc1cnc2c(-c3nc4cc(F)c(O[C@@H](C)[C@@H](C)OC(=O)Nc5ccnc(OCC(C)(C)O)c5)cc4s3)cc(C)cc2n1. The van der Waals surface area contributed by atoms with Crippen molar-refractivity contribution in [2.24, 2.45) is 0 Å². The van der Waals surface area contributed by atoms with E-state index in [1.165, 1.54) is 36.8 Å². The molecule has 0 radical (unpaired) electrons. The van der Waals surface area contributed by atoms with Gasteiger partial charge in [-0.3, -0.25) is 5.32 Å². The molecule has 2 atom stereocenters. The third-order valence-corrected chi connectivity index (χ3v) is 7.52. The number of rotatable bonds is 10. The molecule has 0 saturated heterocycles. The molecule has 44 heavy (non-hydrogen) atoms. The molecule has 0 saturated carbocycles. The predicted molar refractivity (Wildman–Crippen MR) is 165 cm³/mol. The molecule has 0 aliphatic carbocycles. The number of hydrogen-bond acceptors (Lipinski definition) is 11. The van der Waals surface area contributed by atoms with Gasteiger partial charge >= 0.3 is 6.09 Å². The number of halogens is 1. The molecule has 0 aliphatic heterocycles. The van der Waals surface area contributed by atoms with Gasteiger partial charge < -0.3 is 24.1 Å². The average molecular weight is 622 g/mol. The van der Waals surface area contributed by atoms with Crippen LogP contribution in [-0.4, -0.2) is 62.7 Å². The minimum absolute atomic E-state index is 0.0115. The van der Waals surface area contributed by atoms with Crippen LogP contribution in [-0.2, 0) is 4.74 Å². The van der Waals surface area contributed by atoms with Crippen molar-refractivity contribution in [3.8, 4) is 28.1 Å². The number of thiazole rings is 1. The molecule has 0 bridgehead atoms. The highest BCUT2D eigenvalue weighted by molar-refractivity contribution is 7.21. The second-order valence-corrected chi connectivity index (χ2v) is 11.9. The van der Waals surface area contributed by atoms with Crippen LogP contribution in [0.2, 0.25) is 0 Å². The molecule has 0 aliphatic rings. The van der Waals surface area contributed by atoms with E-state index in [0.29, 0.717) is 37.8 Å². The van der Waals surface area contributed by atoms with E-state index in [-0.39, 0.29) is 18.2 Å². The van der Waals surface area contributed by atoms with Gasteiger partial charge in [-0.25, -0.2) is 29.1 Å². The minimum Gasteiger partial charge on any atom is -0.484 e. The Balaban J connectivity index is 1.27. The lowest BCUT2D eigenvalue weighted by Crippen LogP contribution is -2.32. The number of carbonyl (C=O) groups is 1. The Bertz CT molecular complexity index is 1830.